The molecule has 3 N–H and O–H groups in total. The van der Waals surface area contributed by atoms with Gasteiger partial charge in [-0.3, -0.25) is 0 Å². The Bertz CT molecular complexity index is 991. The number of hydrogen-bond donors (Lipinski definition) is 2. The Balaban J connectivity index is 2.13. The van der Waals surface area contributed by atoms with Gasteiger partial charge in [0.1, 0.15) is 11.6 Å². The molecule has 6 nitrogen and oxygen atoms in total. The molecule has 1 aromatic heterocycles. The Labute approximate surface area is 145 Å². The number of methoxy groups -OCH3 is 1. The molecule has 0 saturated carbocycles. The van der Waals surface area contributed by atoms with Crippen LogP contribution in [0.15, 0.2) is 54.7 Å². The van der Waals surface area contributed by atoms with Crippen LogP contribution in [0, 0.1) is 11.3 Å². The fraction of sp³-hybridized carbons (Fsp3) is 0.105. The van der Waals surface area contributed by atoms with E-state index in [1.165, 1.54) is 0 Å². The van der Waals surface area contributed by atoms with Gasteiger partial charge in [0.2, 0.25) is 0 Å². The van der Waals surface area contributed by atoms with E-state index in [1.807, 2.05) is 36.4 Å². The van der Waals surface area contributed by atoms with Gasteiger partial charge >= 0.3 is 0 Å². The Hall–Kier alpha value is -3.59. The first kappa shape index (κ1) is 16.3. The molecule has 1 heterocycles. The number of hydrogen-bond acceptors (Lipinski definition) is 6. The maximum atomic E-state index is 8.92. The number of aromatic nitrogens is 2. The van der Waals surface area contributed by atoms with Crippen LogP contribution >= 0.6 is 0 Å². The van der Waals surface area contributed by atoms with Crippen molar-refractivity contribution in [3.63, 3.8) is 0 Å². The van der Waals surface area contributed by atoms with Gasteiger partial charge in [-0.1, -0.05) is 24.8 Å². The molecule has 0 atom stereocenters. The van der Waals surface area contributed by atoms with Crippen LogP contribution in [0.1, 0.15) is 0 Å². The standard InChI is InChI=1S/C19H17N5O/c1-12(10-20)11-23-18-15-9-14(19-22-8-7-17(21)24-19)4-3-13(15)5-6-16(18)25-2/h3-9,23H,1,11H2,2H3,(H2,21,22,24). The smallest absolute Gasteiger partial charge is 0.161 e. The molecule has 0 spiro atoms. The highest BCUT2D eigenvalue weighted by atomic mass is 16.5. The van der Waals surface area contributed by atoms with Gasteiger partial charge in [-0.15, -0.1) is 0 Å². The topological polar surface area (TPSA) is 96.8 Å². The van der Waals surface area contributed by atoms with Gasteiger partial charge in [-0.2, -0.15) is 5.26 Å². The molecule has 2 aromatic carbocycles. The van der Waals surface area contributed by atoms with E-state index in [2.05, 4.69) is 21.9 Å². The van der Waals surface area contributed by atoms with Crippen LogP contribution in [0.4, 0.5) is 11.5 Å². The number of rotatable bonds is 5. The van der Waals surface area contributed by atoms with Crippen molar-refractivity contribution in [3.05, 3.63) is 54.7 Å². The monoisotopic (exact) mass is 331 g/mol. The molecule has 6 heteroatoms. The highest BCUT2D eigenvalue weighted by Gasteiger charge is 2.11. The molecule has 124 valence electrons. The Morgan fingerprint density at radius 3 is 2.84 bits per heavy atom. The van der Waals surface area contributed by atoms with E-state index in [9.17, 15) is 0 Å². The molecule has 0 aliphatic carbocycles. The van der Waals surface area contributed by atoms with Crippen molar-refractivity contribution in [1.29, 1.82) is 5.26 Å². The van der Waals surface area contributed by atoms with E-state index in [-0.39, 0.29) is 0 Å². The summed E-state index contributed by atoms with van der Waals surface area (Å²) < 4.78 is 5.46. The van der Waals surface area contributed by atoms with Crippen LogP contribution in [0.5, 0.6) is 5.75 Å². The minimum atomic E-state index is 0.338. The zero-order valence-corrected chi connectivity index (χ0v) is 13.8. The predicted octanol–water partition coefficient (Wildman–Crippen LogP) is 3.38. The normalized spacial score (nSPS) is 10.2. The fourth-order valence-corrected chi connectivity index (χ4v) is 2.54. The number of benzene rings is 2. The lowest BCUT2D eigenvalue weighted by Crippen LogP contribution is -2.05. The first-order valence-electron chi connectivity index (χ1n) is 7.64. The summed E-state index contributed by atoms with van der Waals surface area (Å²) in [7, 11) is 1.61. The van der Waals surface area contributed by atoms with Crippen molar-refractivity contribution in [3.8, 4) is 23.2 Å². The number of nitriles is 1. The molecule has 0 fully saturated rings. The predicted molar refractivity (Wildman–Crippen MR) is 99.2 cm³/mol. The zero-order chi connectivity index (χ0) is 17.8. The summed E-state index contributed by atoms with van der Waals surface area (Å²) in [5.41, 5.74) is 7.83. The van der Waals surface area contributed by atoms with Crippen LogP contribution < -0.4 is 15.8 Å². The lowest BCUT2D eigenvalue weighted by molar-refractivity contribution is 0.417. The molecular weight excluding hydrogens is 314 g/mol. The highest BCUT2D eigenvalue weighted by molar-refractivity contribution is 5.99. The quantitative estimate of drug-likeness (QED) is 0.696. The Morgan fingerprint density at radius 2 is 2.12 bits per heavy atom. The molecule has 0 radical (unpaired) electrons. The van der Waals surface area contributed by atoms with Crippen LogP contribution in [-0.4, -0.2) is 23.6 Å². The summed E-state index contributed by atoms with van der Waals surface area (Å²) in [5, 5.41) is 14.1. The molecule has 0 aliphatic heterocycles. The highest BCUT2D eigenvalue weighted by Crippen LogP contribution is 2.35. The van der Waals surface area contributed by atoms with Crippen molar-refractivity contribution in [2.75, 3.05) is 24.7 Å². The van der Waals surface area contributed by atoms with E-state index in [1.54, 1.807) is 19.4 Å². The number of nitrogen functional groups attached to an aromatic ring is 1. The van der Waals surface area contributed by atoms with Gasteiger partial charge in [0.05, 0.1) is 18.9 Å². The fourth-order valence-electron chi connectivity index (χ4n) is 2.54. The number of ether oxygens (including phenoxy) is 1. The molecule has 0 amide bonds. The third-order valence-corrected chi connectivity index (χ3v) is 3.78. The van der Waals surface area contributed by atoms with Crippen molar-refractivity contribution in [2.45, 2.75) is 0 Å². The summed E-state index contributed by atoms with van der Waals surface area (Å²) in [6.07, 6.45) is 1.63. The first-order chi connectivity index (χ1) is 12.1. The average Bonchev–Trinajstić information content (AvgIpc) is 2.65. The summed E-state index contributed by atoms with van der Waals surface area (Å²) in [6.45, 7) is 4.04. The second kappa shape index (κ2) is 6.89. The Kier molecular flexibility index (Phi) is 4.48. The van der Waals surface area contributed by atoms with Crippen LogP contribution in [0.2, 0.25) is 0 Å². The summed E-state index contributed by atoms with van der Waals surface area (Å²) >= 11 is 0. The van der Waals surface area contributed by atoms with Gasteiger partial charge in [-0.25, -0.2) is 9.97 Å². The first-order valence-corrected chi connectivity index (χ1v) is 7.64. The van der Waals surface area contributed by atoms with E-state index >= 15 is 0 Å². The summed E-state index contributed by atoms with van der Waals surface area (Å²) in [4.78, 5) is 8.54. The molecule has 25 heavy (non-hydrogen) atoms. The largest absolute Gasteiger partial charge is 0.495 e. The second-order valence-electron chi connectivity index (χ2n) is 5.45. The molecule has 0 bridgehead atoms. The average molecular weight is 331 g/mol. The number of nitrogens with two attached hydrogens (primary N) is 1. The van der Waals surface area contributed by atoms with E-state index < -0.39 is 0 Å². The van der Waals surface area contributed by atoms with Crippen LogP contribution in [0.3, 0.4) is 0 Å². The molecule has 0 aliphatic rings. The third kappa shape index (κ3) is 3.35. The lowest BCUT2D eigenvalue weighted by Gasteiger charge is -2.14. The third-order valence-electron chi connectivity index (χ3n) is 3.78. The second-order valence-corrected chi connectivity index (χ2v) is 5.45. The van der Waals surface area contributed by atoms with Gasteiger partial charge in [0.25, 0.3) is 0 Å². The van der Waals surface area contributed by atoms with Gasteiger partial charge in [-0.05, 0) is 23.6 Å². The minimum absolute atomic E-state index is 0.338. The maximum absolute atomic E-state index is 8.92. The number of anilines is 2. The van der Waals surface area contributed by atoms with Gasteiger partial charge in [0.15, 0.2) is 5.82 Å². The Morgan fingerprint density at radius 1 is 1.32 bits per heavy atom. The molecule has 0 saturated heterocycles. The van der Waals surface area contributed by atoms with Crippen molar-refractivity contribution < 1.29 is 4.74 Å². The zero-order valence-electron chi connectivity index (χ0n) is 13.8. The van der Waals surface area contributed by atoms with Crippen LogP contribution in [0.25, 0.3) is 22.2 Å². The molecular formula is C19H17N5O. The number of nitrogens with one attached hydrogen (secondary N) is 1. The van der Waals surface area contributed by atoms with E-state index in [0.29, 0.717) is 29.5 Å². The van der Waals surface area contributed by atoms with Gasteiger partial charge < -0.3 is 15.8 Å². The lowest BCUT2D eigenvalue weighted by atomic mass is 10.0. The summed E-state index contributed by atoms with van der Waals surface area (Å²) in [6, 6.07) is 13.4. The number of nitrogens with zero attached hydrogens (tertiary/aromatic N) is 3. The van der Waals surface area contributed by atoms with Crippen molar-refractivity contribution in [2.24, 2.45) is 0 Å². The van der Waals surface area contributed by atoms with Crippen molar-refractivity contribution >= 4 is 22.3 Å². The minimum Gasteiger partial charge on any atom is -0.495 e. The molecule has 3 rings (SSSR count). The van der Waals surface area contributed by atoms with E-state index in [0.717, 1.165) is 22.0 Å². The SMILES string of the molecule is C=C(C#N)CNc1c(OC)ccc2ccc(-c3nccc(N)n3)cc12. The summed E-state index contributed by atoms with van der Waals surface area (Å²) in [5.74, 6) is 1.65. The van der Waals surface area contributed by atoms with Crippen molar-refractivity contribution in [1.82, 2.24) is 9.97 Å². The maximum Gasteiger partial charge on any atom is 0.161 e. The number of fused-ring (bicyclic) bond motifs is 1. The van der Waals surface area contributed by atoms with Crippen LogP contribution in [-0.2, 0) is 0 Å². The molecule has 3 aromatic rings. The van der Waals surface area contributed by atoms with Gasteiger partial charge in [0, 0.05) is 29.3 Å². The molecule has 0 unspecified atom stereocenters. The van der Waals surface area contributed by atoms with E-state index in [4.69, 9.17) is 15.7 Å².